The molecule has 2 aromatic heterocycles. The van der Waals surface area contributed by atoms with E-state index in [0.717, 1.165) is 0 Å². The van der Waals surface area contributed by atoms with Gasteiger partial charge in [0, 0.05) is 22.4 Å². The Hall–Kier alpha value is -3.19. The largest absolute Gasteiger partial charge is 0.507 e. The Morgan fingerprint density at radius 3 is 2.81 bits per heavy atom. The molecule has 7 heteroatoms. The summed E-state index contributed by atoms with van der Waals surface area (Å²) in [5.74, 6) is -0.0122. The van der Waals surface area contributed by atoms with Gasteiger partial charge in [-0.3, -0.25) is 9.78 Å². The average Bonchev–Trinajstić information content (AvgIpc) is 3.07. The minimum atomic E-state index is -0.268. The first kappa shape index (κ1) is 16.3. The molecule has 0 spiro atoms. The number of hydrogen-bond acceptors (Lipinski definition) is 5. The van der Waals surface area contributed by atoms with Gasteiger partial charge in [-0.25, -0.2) is 4.98 Å². The lowest BCUT2D eigenvalue weighted by molar-refractivity contribution is 0.102. The van der Waals surface area contributed by atoms with Crippen molar-refractivity contribution in [2.75, 3.05) is 5.32 Å². The number of nitrogens with one attached hydrogen (secondary N) is 1. The zero-order chi connectivity index (χ0) is 18.1. The third kappa shape index (κ3) is 3.04. The normalized spacial score (nSPS) is 10.8. The number of aromatic hydroxyl groups is 1. The molecule has 0 unspecified atom stereocenters. The number of halogens is 1. The quantitative estimate of drug-likeness (QED) is 0.482. The number of pyridine rings is 1. The third-order valence-electron chi connectivity index (χ3n) is 3.79. The monoisotopic (exact) mass is 409 g/mol. The summed E-state index contributed by atoms with van der Waals surface area (Å²) >= 11 is 3.36. The SMILES string of the molecule is O=C(Nc1ccc(O)c(-c2nc3cnccc3o2)c1)c1ccccc1Br. The van der Waals surface area contributed by atoms with E-state index in [1.54, 1.807) is 48.8 Å². The molecular weight excluding hydrogens is 398 g/mol. The lowest BCUT2D eigenvalue weighted by atomic mass is 10.1. The maximum atomic E-state index is 12.5. The lowest BCUT2D eigenvalue weighted by Crippen LogP contribution is -2.12. The van der Waals surface area contributed by atoms with Gasteiger partial charge in [-0.1, -0.05) is 12.1 Å². The molecule has 0 radical (unpaired) electrons. The fourth-order valence-electron chi connectivity index (χ4n) is 2.52. The van der Waals surface area contributed by atoms with Crippen LogP contribution in [0.3, 0.4) is 0 Å². The summed E-state index contributed by atoms with van der Waals surface area (Å²) in [5, 5.41) is 13.0. The number of carbonyl (C=O) groups is 1. The molecule has 0 fully saturated rings. The van der Waals surface area contributed by atoms with Gasteiger partial charge in [0.15, 0.2) is 5.58 Å². The number of aromatic nitrogens is 2. The van der Waals surface area contributed by atoms with E-state index in [0.29, 0.717) is 32.4 Å². The molecule has 0 atom stereocenters. The topological polar surface area (TPSA) is 88.2 Å². The standard InChI is InChI=1S/C19H12BrN3O3/c20-14-4-2-1-3-12(14)18(25)22-11-5-6-16(24)13(9-11)19-23-15-10-21-8-7-17(15)26-19/h1-10,24H,(H,22,25). The molecule has 0 saturated carbocycles. The number of oxazole rings is 1. The van der Waals surface area contributed by atoms with E-state index in [2.05, 4.69) is 31.2 Å². The molecule has 128 valence electrons. The molecule has 0 saturated heterocycles. The Balaban J connectivity index is 1.68. The van der Waals surface area contributed by atoms with Crippen molar-refractivity contribution in [3.8, 4) is 17.2 Å². The number of nitrogens with zero attached hydrogens (tertiary/aromatic N) is 2. The van der Waals surface area contributed by atoms with Crippen molar-refractivity contribution >= 4 is 38.6 Å². The maximum Gasteiger partial charge on any atom is 0.256 e. The van der Waals surface area contributed by atoms with Crippen LogP contribution in [0.2, 0.25) is 0 Å². The van der Waals surface area contributed by atoms with E-state index in [9.17, 15) is 9.90 Å². The number of benzene rings is 2. The van der Waals surface area contributed by atoms with Crippen LogP contribution in [0, 0.1) is 0 Å². The smallest absolute Gasteiger partial charge is 0.256 e. The van der Waals surface area contributed by atoms with Gasteiger partial charge < -0.3 is 14.8 Å². The number of rotatable bonds is 3. The van der Waals surface area contributed by atoms with E-state index < -0.39 is 0 Å². The van der Waals surface area contributed by atoms with E-state index in [-0.39, 0.29) is 17.5 Å². The predicted octanol–water partition coefficient (Wildman–Crippen LogP) is 4.61. The van der Waals surface area contributed by atoms with Crippen LogP contribution in [0.5, 0.6) is 5.75 Å². The molecule has 0 aliphatic rings. The molecule has 4 aromatic rings. The van der Waals surface area contributed by atoms with E-state index in [4.69, 9.17) is 4.42 Å². The van der Waals surface area contributed by atoms with Crippen molar-refractivity contribution in [2.24, 2.45) is 0 Å². The first-order valence-corrected chi connectivity index (χ1v) is 8.51. The van der Waals surface area contributed by atoms with E-state index >= 15 is 0 Å². The molecule has 6 nitrogen and oxygen atoms in total. The van der Waals surface area contributed by atoms with Gasteiger partial charge in [-0.2, -0.15) is 0 Å². The van der Waals surface area contributed by atoms with Gasteiger partial charge in [-0.15, -0.1) is 0 Å². The summed E-state index contributed by atoms with van der Waals surface area (Å²) in [6.45, 7) is 0. The molecule has 0 aliphatic carbocycles. The van der Waals surface area contributed by atoms with Crippen LogP contribution in [0.1, 0.15) is 10.4 Å². The maximum absolute atomic E-state index is 12.5. The van der Waals surface area contributed by atoms with Crippen molar-refractivity contribution in [1.29, 1.82) is 0 Å². The molecule has 2 aromatic carbocycles. The Bertz CT molecular complexity index is 1090. The molecular formula is C19H12BrN3O3. The number of hydrogen-bond donors (Lipinski definition) is 2. The van der Waals surface area contributed by atoms with Crippen molar-refractivity contribution in [2.45, 2.75) is 0 Å². The number of phenolic OH excluding ortho intramolecular Hbond substituents is 1. The fraction of sp³-hybridized carbons (Fsp3) is 0. The second kappa shape index (κ2) is 6.61. The Morgan fingerprint density at radius 2 is 2.00 bits per heavy atom. The van der Waals surface area contributed by atoms with Gasteiger partial charge >= 0.3 is 0 Å². The van der Waals surface area contributed by atoms with Crippen LogP contribution < -0.4 is 5.32 Å². The van der Waals surface area contributed by atoms with Crippen molar-refractivity contribution in [3.05, 3.63) is 71.0 Å². The van der Waals surface area contributed by atoms with Crippen molar-refractivity contribution in [3.63, 3.8) is 0 Å². The summed E-state index contributed by atoms with van der Waals surface area (Å²) in [6.07, 6.45) is 3.18. The molecule has 0 bridgehead atoms. The van der Waals surface area contributed by atoms with Crippen molar-refractivity contribution in [1.82, 2.24) is 9.97 Å². The van der Waals surface area contributed by atoms with Crippen LogP contribution in [-0.2, 0) is 0 Å². The third-order valence-corrected chi connectivity index (χ3v) is 4.48. The van der Waals surface area contributed by atoms with Crippen LogP contribution in [-0.4, -0.2) is 21.0 Å². The minimum Gasteiger partial charge on any atom is -0.507 e. The lowest BCUT2D eigenvalue weighted by Gasteiger charge is -2.08. The van der Waals surface area contributed by atoms with Gasteiger partial charge in [0.2, 0.25) is 5.89 Å². The zero-order valence-electron chi connectivity index (χ0n) is 13.3. The molecule has 2 N–H and O–H groups in total. The summed E-state index contributed by atoms with van der Waals surface area (Å²) in [7, 11) is 0. The van der Waals surface area contributed by atoms with Crippen molar-refractivity contribution < 1.29 is 14.3 Å². The van der Waals surface area contributed by atoms with Crippen LogP contribution in [0.15, 0.2) is 69.8 Å². The molecule has 26 heavy (non-hydrogen) atoms. The summed E-state index contributed by atoms with van der Waals surface area (Å²) < 4.78 is 6.36. The highest BCUT2D eigenvalue weighted by atomic mass is 79.9. The van der Waals surface area contributed by atoms with E-state index in [1.807, 2.05) is 6.07 Å². The number of amides is 1. The van der Waals surface area contributed by atoms with Crippen LogP contribution in [0.25, 0.3) is 22.6 Å². The minimum absolute atomic E-state index is 0.00315. The second-order valence-corrected chi connectivity index (χ2v) is 6.38. The zero-order valence-corrected chi connectivity index (χ0v) is 14.9. The fourth-order valence-corrected chi connectivity index (χ4v) is 2.99. The molecule has 1 amide bonds. The molecule has 0 aliphatic heterocycles. The average molecular weight is 410 g/mol. The first-order valence-electron chi connectivity index (χ1n) is 7.71. The summed E-state index contributed by atoms with van der Waals surface area (Å²) in [4.78, 5) is 20.8. The van der Waals surface area contributed by atoms with Crippen LogP contribution >= 0.6 is 15.9 Å². The highest BCUT2D eigenvalue weighted by Crippen LogP contribution is 2.33. The Kier molecular flexibility index (Phi) is 4.14. The number of anilines is 1. The highest BCUT2D eigenvalue weighted by Gasteiger charge is 2.15. The highest BCUT2D eigenvalue weighted by molar-refractivity contribution is 9.10. The van der Waals surface area contributed by atoms with Gasteiger partial charge in [0.05, 0.1) is 17.3 Å². The number of fused-ring (bicyclic) bond motifs is 1. The second-order valence-electron chi connectivity index (χ2n) is 5.53. The predicted molar refractivity (Wildman–Crippen MR) is 101 cm³/mol. The first-order chi connectivity index (χ1) is 12.6. The van der Waals surface area contributed by atoms with Gasteiger partial charge in [0.25, 0.3) is 5.91 Å². The Morgan fingerprint density at radius 1 is 1.15 bits per heavy atom. The Labute approximate surface area is 156 Å². The van der Waals surface area contributed by atoms with Gasteiger partial charge in [-0.05, 0) is 46.3 Å². The molecule has 2 heterocycles. The van der Waals surface area contributed by atoms with Gasteiger partial charge in [0.1, 0.15) is 11.3 Å². The summed E-state index contributed by atoms with van der Waals surface area (Å²) in [5.41, 5.74) is 2.56. The number of phenols is 1. The number of carbonyl (C=O) groups excluding carboxylic acids is 1. The van der Waals surface area contributed by atoms with Crippen LogP contribution in [0.4, 0.5) is 5.69 Å². The van der Waals surface area contributed by atoms with E-state index in [1.165, 1.54) is 6.07 Å². The summed E-state index contributed by atoms with van der Waals surface area (Å²) in [6, 6.07) is 13.5. The molecule has 4 rings (SSSR count).